The summed E-state index contributed by atoms with van der Waals surface area (Å²) in [5.74, 6) is 0. The summed E-state index contributed by atoms with van der Waals surface area (Å²) in [7, 11) is 0. The minimum Gasteiger partial charge on any atom is -0.375 e. The van der Waals surface area contributed by atoms with Gasteiger partial charge in [0.25, 0.3) is 0 Å². The highest BCUT2D eigenvalue weighted by Gasteiger charge is 1.92. The van der Waals surface area contributed by atoms with Gasteiger partial charge in [0, 0.05) is 10.7 Å². The quantitative estimate of drug-likeness (QED) is 0.797. The normalized spacial score (nSPS) is 8.56. The number of alkyl halides is 1. The molecule has 0 aromatic carbocycles. The first kappa shape index (κ1) is 9.39. The van der Waals surface area contributed by atoms with Crippen LogP contribution in [0.2, 0.25) is 0 Å². The number of aromatic nitrogens is 1. The minimum absolute atomic E-state index is 0. The van der Waals surface area contributed by atoms with Crippen LogP contribution in [0, 0.1) is 0 Å². The minimum atomic E-state index is 0. The van der Waals surface area contributed by atoms with E-state index < -0.39 is 0 Å². The highest BCUT2D eigenvalue weighted by molar-refractivity contribution is 9.08. The SMILES string of the molecule is Br.Nc1nc(CBr)cs1. The largest absolute Gasteiger partial charge is 0.375 e. The first-order valence-corrected chi connectivity index (χ1v) is 4.09. The second-order valence-electron chi connectivity index (χ2n) is 1.31. The molecule has 0 spiro atoms. The lowest BCUT2D eigenvalue weighted by atomic mass is 10.6. The van der Waals surface area contributed by atoms with Crippen LogP contribution < -0.4 is 5.73 Å². The van der Waals surface area contributed by atoms with Crippen molar-refractivity contribution in [3.8, 4) is 0 Å². The molecule has 9 heavy (non-hydrogen) atoms. The summed E-state index contributed by atoms with van der Waals surface area (Å²) in [6.45, 7) is 0. The third-order valence-electron chi connectivity index (χ3n) is 0.706. The predicted molar refractivity (Wildman–Crippen MR) is 49.5 cm³/mol. The number of hydrogen-bond donors (Lipinski definition) is 1. The van der Waals surface area contributed by atoms with E-state index in [4.69, 9.17) is 5.73 Å². The van der Waals surface area contributed by atoms with Crippen molar-refractivity contribution in [3.63, 3.8) is 0 Å². The molecule has 0 fully saturated rings. The number of hydrogen-bond acceptors (Lipinski definition) is 3. The van der Waals surface area contributed by atoms with Crippen molar-refractivity contribution in [1.29, 1.82) is 0 Å². The van der Waals surface area contributed by atoms with Gasteiger partial charge in [-0.15, -0.1) is 28.3 Å². The van der Waals surface area contributed by atoms with Gasteiger partial charge < -0.3 is 5.73 Å². The standard InChI is InChI=1S/C4H5BrN2S.BrH/c5-1-3-2-8-4(6)7-3;/h2H,1H2,(H2,6,7);1H. The summed E-state index contributed by atoms with van der Waals surface area (Å²) in [5, 5.41) is 3.37. The molecular formula is C4H6Br2N2S. The van der Waals surface area contributed by atoms with Crippen LogP contribution in [-0.2, 0) is 5.33 Å². The van der Waals surface area contributed by atoms with Gasteiger partial charge in [0.15, 0.2) is 5.13 Å². The molecule has 1 heterocycles. The number of anilines is 1. The van der Waals surface area contributed by atoms with Gasteiger partial charge in [-0.3, -0.25) is 0 Å². The number of nitrogens with two attached hydrogens (primary N) is 1. The van der Waals surface area contributed by atoms with Gasteiger partial charge in [-0.2, -0.15) is 0 Å². The zero-order valence-electron chi connectivity index (χ0n) is 4.50. The van der Waals surface area contributed by atoms with Gasteiger partial charge in [0.05, 0.1) is 5.69 Å². The summed E-state index contributed by atoms with van der Waals surface area (Å²) < 4.78 is 0. The van der Waals surface area contributed by atoms with E-state index in [0.717, 1.165) is 11.0 Å². The molecule has 5 heteroatoms. The van der Waals surface area contributed by atoms with Crippen LogP contribution in [-0.4, -0.2) is 4.98 Å². The molecular weight excluding hydrogens is 268 g/mol. The van der Waals surface area contributed by atoms with E-state index in [2.05, 4.69) is 20.9 Å². The van der Waals surface area contributed by atoms with E-state index in [1.807, 2.05) is 5.38 Å². The Morgan fingerprint density at radius 1 is 1.78 bits per heavy atom. The lowest BCUT2D eigenvalue weighted by Crippen LogP contribution is -1.82. The third-order valence-corrected chi connectivity index (χ3v) is 2.00. The first-order valence-electron chi connectivity index (χ1n) is 2.09. The Balaban J connectivity index is 0.000000640. The van der Waals surface area contributed by atoms with Gasteiger partial charge >= 0.3 is 0 Å². The molecule has 0 saturated carbocycles. The van der Waals surface area contributed by atoms with Crippen LogP contribution in [0.1, 0.15) is 5.69 Å². The summed E-state index contributed by atoms with van der Waals surface area (Å²) in [4.78, 5) is 3.98. The number of halogens is 2. The Bertz CT molecular complexity index is 177. The van der Waals surface area contributed by atoms with Gasteiger partial charge in [-0.25, -0.2) is 4.98 Å². The van der Waals surface area contributed by atoms with Crippen molar-refractivity contribution in [2.45, 2.75) is 5.33 Å². The van der Waals surface area contributed by atoms with Gasteiger partial charge in [0.1, 0.15) is 0 Å². The fraction of sp³-hybridized carbons (Fsp3) is 0.250. The number of nitrogens with zero attached hydrogens (tertiary/aromatic N) is 1. The smallest absolute Gasteiger partial charge is 0.180 e. The van der Waals surface area contributed by atoms with Crippen LogP contribution in [0.5, 0.6) is 0 Å². The van der Waals surface area contributed by atoms with E-state index in [9.17, 15) is 0 Å². The Morgan fingerprint density at radius 2 is 2.44 bits per heavy atom. The van der Waals surface area contributed by atoms with E-state index in [1.54, 1.807) is 0 Å². The van der Waals surface area contributed by atoms with E-state index in [1.165, 1.54) is 11.3 Å². The Labute approximate surface area is 76.4 Å². The average Bonchev–Trinajstić information content (AvgIpc) is 2.14. The molecule has 0 bridgehead atoms. The molecule has 1 aromatic rings. The molecule has 2 nitrogen and oxygen atoms in total. The average molecular weight is 274 g/mol. The summed E-state index contributed by atoms with van der Waals surface area (Å²) in [6.07, 6.45) is 0. The predicted octanol–water partition coefficient (Wildman–Crippen LogP) is 2.20. The maximum absolute atomic E-state index is 5.34. The van der Waals surface area contributed by atoms with Gasteiger partial charge in [-0.1, -0.05) is 15.9 Å². The molecule has 0 amide bonds. The second-order valence-corrected chi connectivity index (χ2v) is 2.76. The van der Waals surface area contributed by atoms with Gasteiger partial charge in [-0.05, 0) is 0 Å². The van der Waals surface area contributed by atoms with Crippen molar-refractivity contribution < 1.29 is 0 Å². The summed E-state index contributed by atoms with van der Waals surface area (Å²) >= 11 is 4.73. The van der Waals surface area contributed by atoms with E-state index >= 15 is 0 Å². The molecule has 0 aliphatic carbocycles. The highest BCUT2D eigenvalue weighted by atomic mass is 79.9. The molecule has 0 unspecified atom stereocenters. The molecule has 0 aliphatic rings. The third kappa shape index (κ3) is 2.64. The topological polar surface area (TPSA) is 38.9 Å². The lowest BCUT2D eigenvalue weighted by molar-refractivity contribution is 1.25. The Morgan fingerprint density at radius 3 is 2.67 bits per heavy atom. The van der Waals surface area contributed by atoms with Crippen LogP contribution >= 0.6 is 44.2 Å². The number of thiazole rings is 1. The molecule has 0 atom stereocenters. The summed E-state index contributed by atoms with van der Waals surface area (Å²) in [5.41, 5.74) is 6.35. The molecule has 0 aliphatic heterocycles. The Hall–Kier alpha value is 0.390. The zero-order valence-corrected chi connectivity index (χ0v) is 8.62. The van der Waals surface area contributed by atoms with Gasteiger partial charge in [0.2, 0.25) is 0 Å². The molecule has 2 N–H and O–H groups in total. The highest BCUT2D eigenvalue weighted by Crippen LogP contribution is 2.12. The first-order chi connectivity index (χ1) is 3.83. The Kier molecular flexibility index (Phi) is 4.43. The van der Waals surface area contributed by atoms with E-state index in [0.29, 0.717) is 5.13 Å². The molecule has 52 valence electrons. The molecule has 1 rings (SSSR count). The molecule has 0 saturated heterocycles. The van der Waals surface area contributed by atoms with Crippen LogP contribution in [0.4, 0.5) is 5.13 Å². The van der Waals surface area contributed by atoms with Crippen molar-refractivity contribution in [1.82, 2.24) is 4.98 Å². The second kappa shape index (κ2) is 4.24. The van der Waals surface area contributed by atoms with Crippen LogP contribution in [0.15, 0.2) is 5.38 Å². The number of nitrogen functional groups attached to an aromatic ring is 1. The summed E-state index contributed by atoms with van der Waals surface area (Å²) in [6, 6.07) is 0. The molecule has 0 radical (unpaired) electrons. The van der Waals surface area contributed by atoms with E-state index in [-0.39, 0.29) is 17.0 Å². The zero-order chi connectivity index (χ0) is 5.98. The fourth-order valence-corrected chi connectivity index (χ4v) is 1.45. The lowest BCUT2D eigenvalue weighted by Gasteiger charge is -1.78. The maximum atomic E-state index is 5.34. The van der Waals surface area contributed by atoms with Crippen molar-refractivity contribution in [2.24, 2.45) is 0 Å². The van der Waals surface area contributed by atoms with Crippen molar-refractivity contribution in [2.75, 3.05) is 5.73 Å². The van der Waals surface area contributed by atoms with Crippen LogP contribution in [0.25, 0.3) is 0 Å². The van der Waals surface area contributed by atoms with Crippen molar-refractivity contribution >= 4 is 49.4 Å². The maximum Gasteiger partial charge on any atom is 0.180 e. The fourth-order valence-electron chi connectivity index (χ4n) is 0.384. The number of rotatable bonds is 1. The molecule has 1 aromatic heterocycles. The monoisotopic (exact) mass is 272 g/mol. The van der Waals surface area contributed by atoms with Crippen LogP contribution in [0.3, 0.4) is 0 Å². The van der Waals surface area contributed by atoms with Crippen molar-refractivity contribution in [3.05, 3.63) is 11.1 Å².